The number of hydrogen-bond donors (Lipinski definition) is 1. The first-order chi connectivity index (χ1) is 16.6. The summed E-state index contributed by atoms with van der Waals surface area (Å²) < 4.78 is 12.1. The van der Waals surface area contributed by atoms with E-state index in [4.69, 9.17) is 9.47 Å². The third-order valence-electron chi connectivity index (χ3n) is 5.82. The Hall–Kier alpha value is -2.74. The van der Waals surface area contributed by atoms with Crippen LogP contribution in [0.4, 0.5) is 16.2 Å². The van der Waals surface area contributed by atoms with E-state index in [2.05, 4.69) is 33.1 Å². The Morgan fingerprint density at radius 1 is 1.17 bits per heavy atom. The minimum absolute atomic E-state index is 0.0741. The van der Waals surface area contributed by atoms with Crippen molar-refractivity contribution >= 4 is 39.3 Å². The molecule has 0 saturated carbocycles. The lowest BCUT2D eigenvalue weighted by molar-refractivity contribution is 0.0237. The van der Waals surface area contributed by atoms with Gasteiger partial charge in [-0.3, -0.25) is 4.79 Å². The Morgan fingerprint density at radius 2 is 1.89 bits per heavy atom. The predicted molar refractivity (Wildman–Crippen MR) is 144 cm³/mol. The van der Waals surface area contributed by atoms with Gasteiger partial charge in [-0.1, -0.05) is 13.3 Å². The molecular weight excluding hydrogens is 510 g/mol. The van der Waals surface area contributed by atoms with Gasteiger partial charge in [0, 0.05) is 35.9 Å². The molecule has 1 saturated heterocycles. The van der Waals surface area contributed by atoms with E-state index in [1.165, 1.54) is 0 Å². The van der Waals surface area contributed by atoms with Crippen molar-refractivity contribution < 1.29 is 19.1 Å². The van der Waals surface area contributed by atoms with E-state index < -0.39 is 5.60 Å². The van der Waals surface area contributed by atoms with Gasteiger partial charge in [0.2, 0.25) is 0 Å². The average Bonchev–Trinajstić information content (AvgIpc) is 3.28. The number of unbranched alkanes of at least 4 members (excludes halogenated alkanes) is 1. The van der Waals surface area contributed by atoms with Crippen molar-refractivity contribution in [3.63, 3.8) is 0 Å². The molecule has 2 aromatic rings. The first-order valence-corrected chi connectivity index (χ1v) is 12.9. The van der Waals surface area contributed by atoms with Crippen molar-refractivity contribution in [1.82, 2.24) is 4.90 Å². The van der Waals surface area contributed by atoms with Crippen molar-refractivity contribution in [2.45, 2.75) is 58.6 Å². The molecule has 1 N–H and O–H groups in total. The summed E-state index contributed by atoms with van der Waals surface area (Å²) in [6, 6.07) is 13.0. The average molecular weight is 547 g/mol. The number of amides is 2. The number of ether oxygens (including phenoxy) is 2. The maximum atomic E-state index is 12.7. The topological polar surface area (TPSA) is 71.1 Å². The summed E-state index contributed by atoms with van der Waals surface area (Å²) in [5, 5.41) is 2.95. The molecule has 0 aromatic heterocycles. The summed E-state index contributed by atoms with van der Waals surface area (Å²) in [6.07, 6.45) is 2.64. The predicted octanol–water partition coefficient (Wildman–Crippen LogP) is 6.33. The Bertz CT molecular complexity index is 1020. The zero-order valence-electron chi connectivity index (χ0n) is 21.3. The van der Waals surface area contributed by atoms with Crippen molar-refractivity contribution in [1.29, 1.82) is 0 Å². The Morgan fingerprint density at radius 3 is 2.51 bits per heavy atom. The van der Waals surface area contributed by atoms with Gasteiger partial charge >= 0.3 is 6.09 Å². The number of rotatable bonds is 8. The van der Waals surface area contributed by atoms with E-state index in [1.807, 2.05) is 51.1 Å². The van der Waals surface area contributed by atoms with Crippen molar-refractivity contribution in [3.05, 3.63) is 52.5 Å². The molecule has 190 valence electrons. The van der Waals surface area contributed by atoms with Gasteiger partial charge in [-0.15, -0.1) is 0 Å². The zero-order chi connectivity index (χ0) is 25.6. The first kappa shape index (κ1) is 26.9. The Balaban J connectivity index is 1.58. The second kappa shape index (κ2) is 11.8. The number of nitrogens with one attached hydrogen (secondary N) is 1. The molecule has 0 bridgehead atoms. The van der Waals surface area contributed by atoms with E-state index in [-0.39, 0.29) is 18.0 Å². The fourth-order valence-electron chi connectivity index (χ4n) is 3.84. The maximum absolute atomic E-state index is 12.7. The molecule has 1 unspecified atom stereocenters. The molecule has 7 nitrogen and oxygen atoms in total. The SMILES string of the molecule is CCCCOc1ccc(C(=O)Nc2ccc(N3CCC(N(C)C(=O)OC(C)(C)C)C3)c(Br)c2)cc1. The standard InChI is InChI=1S/C27H36BrN3O4/c1-6-7-16-34-22-11-8-19(9-12-22)25(32)29-20-10-13-24(23(28)17-20)31-15-14-21(18-31)30(5)26(33)35-27(2,3)4/h8-13,17,21H,6-7,14-16,18H2,1-5H3,(H,29,32). The molecule has 0 radical (unpaired) electrons. The molecular formula is C27H36BrN3O4. The summed E-state index contributed by atoms with van der Waals surface area (Å²) in [5.74, 6) is 0.591. The van der Waals surface area contributed by atoms with Crippen LogP contribution in [0.2, 0.25) is 0 Å². The number of benzene rings is 2. The molecule has 1 aliphatic heterocycles. The smallest absolute Gasteiger partial charge is 0.410 e. The largest absolute Gasteiger partial charge is 0.494 e. The lowest BCUT2D eigenvalue weighted by Gasteiger charge is -2.29. The lowest BCUT2D eigenvalue weighted by Crippen LogP contribution is -2.42. The van der Waals surface area contributed by atoms with Gasteiger partial charge in [0.25, 0.3) is 5.91 Å². The van der Waals surface area contributed by atoms with Crippen LogP contribution in [0, 0.1) is 0 Å². The van der Waals surface area contributed by atoms with E-state index >= 15 is 0 Å². The second-order valence-electron chi connectivity index (χ2n) is 9.83. The summed E-state index contributed by atoms with van der Waals surface area (Å²) in [6.45, 7) is 9.95. The third kappa shape index (κ3) is 7.62. The molecule has 35 heavy (non-hydrogen) atoms. The number of hydrogen-bond acceptors (Lipinski definition) is 5. The molecule has 2 aromatic carbocycles. The normalized spacial score (nSPS) is 15.6. The van der Waals surface area contributed by atoms with Gasteiger partial charge in [0.1, 0.15) is 11.4 Å². The Labute approximate surface area is 216 Å². The molecule has 0 aliphatic carbocycles. The van der Waals surface area contributed by atoms with E-state index in [1.54, 1.807) is 24.1 Å². The minimum Gasteiger partial charge on any atom is -0.494 e. The monoisotopic (exact) mass is 545 g/mol. The fourth-order valence-corrected chi connectivity index (χ4v) is 4.47. The highest BCUT2D eigenvalue weighted by molar-refractivity contribution is 9.10. The summed E-state index contributed by atoms with van der Waals surface area (Å²) in [7, 11) is 1.79. The number of carbonyl (C=O) groups is 2. The molecule has 0 spiro atoms. The van der Waals surface area contributed by atoms with Gasteiger partial charge in [0.05, 0.1) is 18.3 Å². The van der Waals surface area contributed by atoms with Crippen LogP contribution in [-0.2, 0) is 4.74 Å². The maximum Gasteiger partial charge on any atom is 0.410 e. The number of nitrogens with zero attached hydrogens (tertiary/aromatic N) is 2. The van der Waals surface area contributed by atoms with Crippen LogP contribution in [0.3, 0.4) is 0 Å². The molecule has 1 heterocycles. The van der Waals surface area contributed by atoms with Crippen molar-refractivity contribution in [2.75, 3.05) is 37.0 Å². The zero-order valence-corrected chi connectivity index (χ0v) is 22.9. The molecule has 3 rings (SSSR count). The highest BCUT2D eigenvalue weighted by Gasteiger charge is 2.31. The lowest BCUT2D eigenvalue weighted by atomic mass is 10.2. The number of anilines is 2. The van der Waals surface area contributed by atoms with Crippen molar-refractivity contribution in [2.24, 2.45) is 0 Å². The fraction of sp³-hybridized carbons (Fsp3) is 0.481. The minimum atomic E-state index is -0.516. The number of carbonyl (C=O) groups excluding carboxylic acids is 2. The van der Waals surface area contributed by atoms with Gasteiger partial charge in [-0.2, -0.15) is 0 Å². The van der Waals surface area contributed by atoms with Crippen LogP contribution in [0.1, 0.15) is 57.3 Å². The summed E-state index contributed by atoms with van der Waals surface area (Å²) in [4.78, 5) is 29.0. The second-order valence-corrected chi connectivity index (χ2v) is 10.7. The van der Waals surface area contributed by atoms with Gasteiger partial charge in [-0.25, -0.2) is 4.79 Å². The molecule has 2 amide bonds. The molecule has 1 fully saturated rings. The van der Waals surface area contributed by atoms with Gasteiger partial charge in [0.15, 0.2) is 0 Å². The highest BCUT2D eigenvalue weighted by Crippen LogP contribution is 2.33. The molecule has 8 heteroatoms. The summed E-state index contributed by atoms with van der Waals surface area (Å²) in [5.41, 5.74) is 1.78. The first-order valence-electron chi connectivity index (χ1n) is 12.1. The van der Waals surface area contributed by atoms with Gasteiger partial charge < -0.3 is 24.6 Å². The molecule has 1 aliphatic rings. The van der Waals surface area contributed by atoms with Crippen LogP contribution in [0.5, 0.6) is 5.75 Å². The quantitative estimate of drug-likeness (QED) is 0.392. The van der Waals surface area contributed by atoms with Crippen LogP contribution in [-0.4, -0.2) is 55.3 Å². The van der Waals surface area contributed by atoms with Crippen LogP contribution in [0.25, 0.3) is 0 Å². The van der Waals surface area contributed by atoms with Crippen LogP contribution in [0.15, 0.2) is 46.9 Å². The van der Waals surface area contributed by atoms with Crippen LogP contribution < -0.4 is 15.0 Å². The van der Waals surface area contributed by atoms with Crippen molar-refractivity contribution in [3.8, 4) is 5.75 Å². The molecule has 1 atom stereocenters. The number of halogens is 1. The van der Waals surface area contributed by atoms with E-state index in [0.29, 0.717) is 24.4 Å². The van der Waals surface area contributed by atoms with E-state index in [0.717, 1.165) is 41.7 Å². The van der Waals surface area contributed by atoms with E-state index in [9.17, 15) is 9.59 Å². The van der Waals surface area contributed by atoms with Crippen LogP contribution >= 0.6 is 15.9 Å². The summed E-state index contributed by atoms with van der Waals surface area (Å²) >= 11 is 3.65. The van der Waals surface area contributed by atoms with Gasteiger partial charge in [-0.05, 0) is 92.0 Å². The highest BCUT2D eigenvalue weighted by atomic mass is 79.9. The third-order valence-corrected chi connectivity index (χ3v) is 6.46. The number of likely N-dealkylation sites (N-methyl/N-ethyl adjacent to an activating group) is 1. The Kier molecular flexibility index (Phi) is 9.05.